The summed E-state index contributed by atoms with van der Waals surface area (Å²) in [5.41, 5.74) is 0.694. The second-order valence-corrected chi connectivity index (χ2v) is 6.19. The molecule has 2 amide bonds. The molecule has 0 aromatic heterocycles. The number of benzene rings is 1. The minimum absolute atomic E-state index is 0.0551. The number of hydrogen-bond donors (Lipinski definition) is 1. The number of anilines is 1. The zero-order chi connectivity index (χ0) is 16.3. The molecule has 0 unspecified atom stereocenters. The van der Waals surface area contributed by atoms with Crippen LogP contribution in [0.2, 0.25) is 0 Å². The van der Waals surface area contributed by atoms with E-state index in [2.05, 4.69) is 5.32 Å². The van der Waals surface area contributed by atoms with Crippen molar-refractivity contribution in [3.63, 3.8) is 0 Å². The Morgan fingerprint density at radius 2 is 1.87 bits per heavy atom. The van der Waals surface area contributed by atoms with E-state index in [1.165, 1.54) is 0 Å². The van der Waals surface area contributed by atoms with E-state index in [4.69, 9.17) is 14.2 Å². The number of carbonyl (C=O) groups excluding carboxylic acids is 1. The Morgan fingerprint density at radius 3 is 2.52 bits per heavy atom. The van der Waals surface area contributed by atoms with Crippen LogP contribution in [0.4, 0.5) is 10.5 Å². The monoisotopic (exact) mass is 320 g/mol. The summed E-state index contributed by atoms with van der Waals surface area (Å²) < 4.78 is 17.1. The van der Waals surface area contributed by atoms with E-state index in [1.54, 1.807) is 4.90 Å². The molecule has 1 spiro atoms. The summed E-state index contributed by atoms with van der Waals surface area (Å²) in [5, 5.41) is 2.94. The molecule has 6 heteroatoms. The molecule has 23 heavy (non-hydrogen) atoms. The summed E-state index contributed by atoms with van der Waals surface area (Å²) in [4.78, 5) is 14.3. The molecule has 6 nitrogen and oxygen atoms in total. The standard InChI is InChI=1S/C17H24N2O4/c1-13(2)23-15-6-4-3-5-14(15)18-16(20)19-9-7-17(8-10-19)21-11-12-22-17/h3-6,13H,7-12H2,1-2H3,(H,18,20). The first-order valence-corrected chi connectivity index (χ1v) is 8.17. The molecule has 126 valence electrons. The lowest BCUT2D eigenvalue weighted by Crippen LogP contribution is -2.48. The number of nitrogens with one attached hydrogen (secondary N) is 1. The number of ether oxygens (including phenoxy) is 3. The van der Waals surface area contributed by atoms with Crippen molar-refractivity contribution in [3.05, 3.63) is 24.3 Å². The Labute approximate surface area is 136 Å². The van der Waals surface area contributed by atoms with Crippen LogP contribution in [0, 0.1) is 0 Å². The van der Waals surface area contributed by atoms with Crippen LogP contribution in [-0.2, 0) is 9.47 Å². The number of likely N-dealkylation sites (tertiary alicyclic amines) is 1. The van der Waals surface area contributed by atoms with E-state index >= 15 is 0 Å². The maximum Gasteiger partial charge on any atom is 0.321 e. The fraction of sp³-hybridized carbons (Fsp3) is 0.588. The van der Waals surface area contributed by atoms with Gasteiger partial charge >= 0.3 is 6.03 Å². The van der Waals surface area contributed by atoms with Gasteiger partial charge in [-0.2, -0.15) is 0 Å². The van der Waals surface area contributed by atoms with Gasteiger partial charge in [0.15, 0.2) is 5.79 Å². The van der Waals surface area contributed by atoms with Gasteiger partial charge in [0.2, 0.25) is 0 Å². The highest BCUT2D eigenvalue weighted by atomic mass is 16.7. The maximum atomic E-state index is 12.5. The minimum Gasteiger partial charge on any atom is -0.489 e. The molecule has 2 aliphatic rings. The molecule has 0 aliphatic carbocycles. The van der Waals surface area contributed by atoms with E-state index in [0.717, 1.165) is 0 Å². The Kier molecular flexibility index (Phi) is 4.73. The minimum atomic E-state index is -0.463. The summed E-state index contributed by atoms with van der Waals surface area (Å²) in [7, 11) is 0. The van der Waals surface area contributed by atoms with Crippen molar-refractivity contribution < 1.29 is 19.0 Å². The van der Waals surface area contributed by atoms with E-state index in [0.29, 0.717) is 50.6 Å². The lowest BCUT2D eigenvalue weighted by atomic mass is 10.0. The molecule has 0 radical (unpaired) electrons. The first-order chi connectivity index (χ1) is 11.1. The lowest BCUT2D eigenvalue weighted by Gasteiger charge is -2.37. The average molecular weight is 320 g/mol. The quantitative estimate of drug-likeness (QED) is 0.930. The number of urea groups is 1. The van der Waals surface area contributed by atoms with Crippen molar-refractivity contribution in [3.8, 4) is 5.75 Å². The smallest absolute Gasteiger partial charge is 0.321 e. The molecule has 1 aromatic carbocycles. The largest absolute Gasteiger partial charge is 0.489 e. The molecule has 0 saturated carbocycles. The number of hydrogen-bond acceptors (Lipinski definition) is 4. The number of carbonyl (C=O) groups is 1. The van der Waals surface area contributed by atoms with Crippen molar-refractivity contribution >= 4 is 11.7 Å². The summed E-state index contributed by atoms with van der Waals surface area (Å²) in [6.45, 7) is 6.46. The highest BCUT2D eigenvalue weighted by molar-refractivity contribution is 5.91. The average Bonchev–Trinajstić information content (AvgIpc) is 2.97. The third-order valence-electron chi connectivity index (χ3n) is 4.12. The lowest BCUT2D eigenvalue weighted by molar-refractivity contribution is -0.181. The van der Waals surface area contributed by atoms with Crippen LogP contribution >= 0.6 is 0 Å². The van der Waals surface area contributed by atoms with Crippen LogP contribution in [-0.4, -0.2) is 49.1 Å². The van der Waals surface area contributed by atoms with Crippen LogP contribution in [0.3, 0.4) is 0 Å². The molecule has 2 saturated heterocycles. The molecule has 3 rings (SSSR count). The van der Waals surface area contributed by atoms with Crippen molar-refractivity contribution in [2.75, 3.05) is 31.6 Å². The van der Waals surface area contributed by atoms with Crippen LogP contribution in [0.1, 0.15) is 26.7 Å². The van der Waals surface area contributed by atoms with Crippen molar-refractivity contribution in [2.45, 2.75) is 38.6 Å². The van der Waals surface area contributed by atoms with Crippen LogP contribution < -0.4 is 10.1 Å². The van der Waals surface area contributed by atoms with Gasteiger partial charge in [0.25, 0.3) is 0 Å². The van der Waals surface area contributed by atoms with E-state index in [-0.39, 0.29) is 12.1 Å². The summed E-state index contributed by atoms with van der Waals surface area (Å²) in [5.74, 6) is 0.224. The summed E-state index contributed by atoms with van der Waals surface area (Å²) >= 11 is 0. The normalized spacial score (nSPS) is 20.0. The van der Waals surface area contributed by atoms with Gasteiger partial charge in [-0.15, -0.1) is 0 Å². The summed E-state index contributed by atoms with van der Waals surface area (Å²) in [6, 6.07) is 7.38. The molecule has 2 aliphatic heterocycles. The molecule has 0 atom stereocenters. The van der Waals surface area contributed by atoms with Gasteiger partial charge in [0, 0.05) is 25.9 Å². The van der Waals surface area contributed by atoms with Gasteiger partial charge in [-0.3, -0.25) is 0 Å². The number of nitrogens with zero attached hydrogens (tertiary/aromatic N) is 1. The maximum absolute atomic E-state index is 12.5. The van der Waals surface area contributed by atoms with Gasteiger partial charge in [-0.1, -0.05) is 12.1 Å². The first-order valence-electron chi connectivity index (χ1n) is 8.17. The molecule has 1 aromatic rings. The molecular weight excluding hydrogens is 296 g/mol. The molecule has 2 heterocycles. The number of piperidine rings is 1. The van der Waals surface area contributed by atoms with Crippen molar-refractivity contribution in [2.24, 2.45) is 0 Å². The van der Waals surface area contributed by atoms with Crippen molar-refractivity contribution in [1.29, 1.82) is 0 Å². The number of para-hydroxylation sites is 2. The Bertz CT molecular complexity index is 545. The van der Waals surface area contributed by atoms with Crippen molar-refractivity contribution in [1.82, 2.24) is 4.90 Å². The number of rotatable bonds is 3. The van der Waals surface area contributed by atoms with Gasteiger partial charge in [0.1, 0.15) is 5.75 Å². The van der Waals surface area contributed by atoms with Gasteiger partial charge in [-0.25, -0.2) is 4.79 Å². The van der Waals surface area contributed by atoms with Gasteiger partial charge in [0.05, 0.1) is 25.0 Å². The second-order valence-electron chi connectivity index (χ2n) is 6.19. The fourth-order valence-corrected chi connectivity index (χ4v) is 2.96. The topological polar surface area (TPSA) is 60.0 Å². The first kappa shape index (κ1) is 16.1. The third kappa shape index (κ3) is 3.76. The highest BCUT2D eigenvalue weighted by Crippen LogP contribution is 2.32. The molecule has 2 fully saturated rings. The third-order valence-corrected chi connectivity index (χ3v) is 4.12. The SMILES string of the molecule is CC(C)Oc1ccccc1NC(=O)N1CCC2(CC1)OCCO2. The van der Waals surface area contributed by atoms with Crippen LogP contribution in [0.15, 0.2) is 24.3 Å². The number of amides is 2. The Morgan fingerprint density at radius 1 is 1.22 bits per heavy atom. The zero-order valence-electron chi connectivity index (χ0n) is 13.7. The fourth-order valence-electron chi connectivity index (χ4n) is 2.96. The molecule has 0 bridgehead atoms. The zero-order valence-corrected chi connectivity index (χ0v) is 13.7. The van der Waals surface area contributed by atoms with Gasteiger partial charge in [-0.05, 0) is 26.0 Å². The van der Waals surface area contributed by atoms with E-state index in [1.807, 2.05) is 38.1 Å². The summed E-state index contributed by atoms with van der Waals surface area (Å²) in [6.07, 6.45) is 1.48. The predicted molar refractivity (Wildman–Crippen MR) is 86.7 cm³/mol. The molecule has 1 N–H and O–H groups in total. The van der Waals surface area contributed by atoms with Gasteiger partial charge < -0.3 is 24.4 Å². The second kappa shape index (κ2) is 6.76. The van der Waals surface area contributed by atoms with Crippen LogP contribution in [0.25, 0.3) is 0 Å². The highest BCUT2D eigenvalue weighted by Gasteiger charge is 2.40. The molecular formula is C17H24N2O4. The Hall–Kier alpha value is -1.79. The van der Waals surface area contributed by atoms with E-state index in [9.17, 15) is 4.79 Å². The Balaban J connectivity index is 1.60. The van der Waals surface area contributed by atoms with E-state index < -0.39 is 5.79 Å². The van der Waals surface area contributed by atoms with Crippen LogP contribution in [0.5, 0.6) is 5.75 Å². The predicted octanol–water partition coefficient (Wildman–Crippen LogP) is 2.84.